The zero-order valence-electron chi connectivity index (χ0n) is 12.4. The molecule has 0 saturated heterocycles. The zero-order chi connectivity index (χ0) is 13.5. The van der Waals surface area contributed by atoms with Crippen molar-refractivity contribution in [3.05, 3.63) is 0 Å². The average Bonchev–Trinajstić information content (AvgIpc) is 2.34. The lowest BCUT2D eigenvalue weighted by molar-refractivity contribution is 0.535. The van der Waals surface area contributed by atoms with Crippen LogP contribution in [-0.2, 0) is 0 Å². The van der Waals surface area contributed by atoms with Gasteiger partial charge in [0, 0.05) is 0 Å². The van der Waals surface area contributed by atoms with Crippen LogP contribution in [0.5, 0.6) is 0 Å². The van der Waals surface area contributed by atoms with Crippen LogP contribution in [0.3, 0.4) is 0 Å². The van der Waals surface area contributed by atoms with Crippen LogP contribution in [0.15, 0.2) is 0 Å². The highest BCUT2D eigenvalue weighted by atomic mass is 79.9. The smallest absolute Gasteiger partial charge is 0.0605 e. The molecule has 0 bridgehead atoms. The lowest BCUT2D eigenvalue weighted by Gasteiger charge is -2.04. The van der Waals surface area contributed by atoms with Crippen LogP contribution >= 0.6 is 15.9 Å². The summed E-state index contributed by atoms with van der Waals surface area (Å²) in [6.07, 6.45) is 19.6. The lowest BCUT2D eigenvalue weighted by atomic mass is 10.0. The Morgan fingerprint density at radius 3 is 1.33 bits per heavy atom. The van der Waals surface area contributed by atoms with Crippen LogP contribution in [0, 0.1) is 0 Å². The molecule has 1 nitrogen and oxygen atoms in total. The Hall–Kier alpha value is 0.440. The second-order valence-electron chi connectivity index (χ2n) is 5.55. The quantitative estimate of drug-likeness (QED) is 0.232. The number of hydrogen-bond acceptors (Lipinski definition) is 1. The fourth-order valence-electron chi connectivity index (χ4n) is 2.36. The molecule has 1 unspecified atom stereocenters. The van der Waals surface area contributed by atoms with E-state index in [0.717, 1.165) is 6.42 Å². The molecule has 18 heavy (non-hydrogen) atoms. The average molecular weight is 320 g/mol. The van der Waals surface area contributed by atoms with E-state index in [1.165, 1.54) is 83.5 Å². The standard InChI is InChI=1S/C16H34BrN/c1-2-3-4-5-6-7-8-9-10-11-12-13-14-15-16(17)18/h16H,2-15,18H2,1H3. The monoisotopic (exact) mass is 319 g/mol. The van der Waals surface area contributed by atoms with Crippen LogP contribution in [-0.4, -0.2) is 4.95 Å². The van der Waals surface area contributed by atoms with Gasteiger partial charge in [-0.3, -0.25) is 0 Å². The van der Waals surface area contributed by atoms with E-state index < -0.39 is 0 Å². The van der Waals surface area contributed by atoms with Crippen LogP contribution in [0.1, 0.15) is 96.8 Å². The Morgan fingerprint density at radius 2 is 1.00 bits per heavy atom. The summed E-state index contributed by atoms with van der Waals surface area (Å²) in [7, 11) is 0. The predicted octanol–water partition coefficient (Wildman–Crippen LogP) is 6.15. The van der Waals surface area contributed by atoms with E-state index in [1.807, 2.05) is 0 Å². The minimum atomic E-state index is 0.213. The van der Waals surface area contributed by atoms with E-state index in [9.17, 15) is 0 Å². The molecule has 2 N–H and O–H groups in total. The third-order valence-corrected chi connectivity index (χ3v) is 4.04. The molecule has 0 amide bonds. The first-order chi connectivity index (χ1) is 8.77. The van der Waals surface area contributed by atoms with E-state index in [0.29, 0.717) is 0 Å². The van der Waals surface area contributed by atoms with Crippen molar-refractivity contribution in [3.63, 3.8) is 0 Å². The van der Waals surface area contributed by atoms with Crippen molar-refractivity contribution in [3.8, 4) is 0 Å². The Bertz CT molecular complexity index is 148. The number of halogens is 1. The lowest BCUT2D eigenvalue weighted by Crippen LogP contribution is -2.09. The van der Waals surface area contributed by atoms with E-state index in [-0.39, 0.29) is 4.95 Å². The maximum absolute atomic E-state index is 5.65. The summed E-state index contributed by atoms with van der Waals surface area (Å²) in [6, 6.07) is 0. The Balaban J connectivity index is 2.90. The molecule has 0 aliphatic carbocycles. The zero-order valence-corrected chi connectivity index (χ0v) is 14.0. The van der Waals surface area contributed by atoms with Gasteiger partial charge in [0.1, 0.15) is 0 Å². The summed E-state index contributed by atoms with van der Waals surface area (Å²) in [4.78, 5) is 0.213. The molecule has 0 aromatic carbocycles. The van der Waals surface area contributed by atoms with Crippen LogP contribution in [0.4, 0.5) is 0 Å². The van der Waals surface area contributed by atoms with Crippen molar-refractivity contribution >= 4 is 15.9 Å². The third kappa shape index (κ3) is 16.4. The summed E-state index contributed by atoms with van der Waals surface area (Å²) in [5.41, 5.74) is 5.65. The number of hydrogen-bond donors (Lipinski definition) is 1. The molecule has 0 radical (unpaired) electrons. The van der Waals surface area contributed by atoms with Crippen molar-refractivity contribution in [1.29, 1.82) is 0 Å². The van der Waals surface area contributed by atoms with Gasteiger partial charge in [-0.15, -0.1) is 0 Å². The molecule has 1 atom stereocenters. The largest absolute Gasteiger partial charge is 0.319 e. The minimum absolute atomic E-state index is 0.213. The fraction of sp³-hybridized carbons (Fsp3) is 1.00. The van der Waals surface area contributed by atoms with Gasteiger partial charge in [0.25, 0.3) is 0 Å². The van der Waals surface area contributed by atoms with Crippen molar-refractivity contribution in [2.75, 3.05) is 0 Å². The summed E-state index contributed by atoms with van der Waals surface area (Å²) in [5, 5.41) is 0. The molecule has 110 valence electrons. The molecule has 0 heterocycles. The first kappa shape index (κ1) is 18.4. The van der Waals surface area contributed by atoms with E-state index >= 15 is 0 Å². The van der Waals surface area contributed by atoms with Gasteiger partial charge in [0.15, 0.2) is 0 Å². The van der Waals surface area contributed by atoms with Gasteiger partial charge in [-0.2, -0.15) is 0 Å². The SMILES string of the molecule is CCCCCCCCCCCCCCCC(N)Br. The van der Waals surface area contributed by atoms with Gasteiger partial charge in [-0.05, 0) is 6.42 Å². The van der Waals surface area contributed by atoms with Gasteiger partial charge in [0.2, 0.25) is 0 Å². The van der Waals surface area contributed by atoms with Crippen LogP contribution in [0.25, 0.3) is 0 Å². The molecule has 2 heteroatoms. The molecular weight excluding hydrogens is 286 g/mol. The number of rotatable bonds is 14. The number of unbranched alkanes of at least 4 members (excludes halogenated alkanes) is 12. The fourth-order valence-corrected chi connectivity index (χ4v) is 2.68. The molecule has 0 fully saturated rings. The van der Waals surface area contributed by atoms with E-state index in [2.05, 4.69) is 22.9 Å². The Kier molecular flexibility index (Phi) is 15.9. The molecular formula is C16H34BrN. The predicted molar refractivity (Wildman–Crippen MR) is 87.2 cm³/mol. The van der Waals surface area contributed by atoms with Crippen molar-refractivity contribution in [2.24, 2.45) is 5.73 Å². The first-order valence-electron chi connectivity index (χ1n) is 8.17. The molecule has 0 aliphatic heterocycles. The summed E-state index contributed by atoms with van der Waals surface area (Å²) in [5.74, 6) is 0. The highest BCUT2D eigenvalue weighted by molar-refractivity contribution is 9.09. The van der Waals surface area contributed by atoms with Gasteiger partial charge < -0.3 is 5.73 Å². The van der Waals surface area contributed by atoms with Gasteiger partial charge >= 0.3 is 0 Å². The normalized spacial score (nSPS) is 12.8. The summed E-state index contributed by atoms with van der Waals surface area (Å²) in [6.45, 7) is 2.28. The van der Waals surface area contributed by atoms with E-state index in [4.69, 9.17) is 5.73 Å². The van der Waals surface area contributed by atoms with E-state index in [1.54, 1.807) is 0 Å². The van der Waals surface area contributed by atoms with Crippen molar-refractivity contribution in [1.82, 2.24) is 0 Å². The minimum Gasteiger partial charge on any atom is -0.319 e. The summed E-state index contributed by atoms with van der Waals surface area (Å²) >= 11 is 3.39. The topological polar surface area (TPSA) is 26.0 Å². The second kappa shape index (κ2) is 15.5. The second-order valence-corrected chi connectivity index (χ2v) is 6.72. The maximum Gasteiger partial charge on any atom is 0.0605 e. The Morgan fingerprint density at radius 1 is 0.667 bits per heavy atom. The Labute approximate surface area is 123 Å². The van der Waals surface area contributed by atoms with Crippen molar-refractivity contribution < 1.29 is 0 Å². The summed E-state index contributed by atoms with van der Waals surface area (Å²) < 4.78 is 0. The van der Waals surface area contributed by atoms with Gasteiger partial charge in [-0.1, -0.05) is 106 Å². The third-order valence-electron chi connectivity index (χ3n) is 3.58. The molecule has 0 aromatic rings. The first-order valence-corrected chi connectivity index (χ1v) is 9.08. The van der Waals surface area contributed by atoms with Crippen LogP contribution < -0.4 is 5.73 Å². The molecule has 0 saturated carbocycles. The van der Waals surface area contributed by atoms with Crippen molar-refractivity contribution in [2.45, 2.75) is 102 Å². The van der Waals surface area contributed by atoms with Crippen LogP contribution in [0.2, 0.25) is 0 Å². The number of nitrogens with two attached hydrogens (primary N) is 1. The molecule has 0 rings (SSSR count). The van der Waals surface area contributed by atoms with Gasteiger partial charge in [-0.25, -0.2) is 0 Å². The molecule has 0 aliphatic rings. The maximum atomic E-state index is 5.65. The highest BCUT2D eigenvalue weighted by Gasteiger charge is 1.96. The van der Waals surface area contributed by atoms with Gasteiger partial charge in [0.05, 0.1) is 4.95 Å². The highest BCUT2D eigenvalue weighted by Crippen LogP contribution is 2.13. The molecule has 0 spiro atoms. The number of alkyl halides is 1. The molecule has 0 aromatic heterocycles.